The van der Waals surface area contributed by atoms with Crippen LogP contribution in [0.15, 0.2) is 18.2 Å². The van der Waals surface area contributed by atoms with Crippen LogP contribution in [0.5, 0.6) is 0 Å². The first-order valence-electron chi connectivity index (χ1n) is 6.98. The molecule has 1 aliphatic heterocycles. The summed E-state index contributed by atoms with van der Waals surface area (Å²) in [7, 11) is 2.15. The van der Waals surface area contributed by atoms with E-state index in [1.54, 1.807) is 0 Å². The molecule has 0 unspecified atom stereocenters. The molecule has 0 atom stereocenters. The van der Waals surface area contributed by atoms with Gasteiger partial charge >= 0.3 is 0 Å². The lowest BCUT2D eigenvalue weighted by Crippen LogP contribution is -2.30. The van der Waals surface area contributed by atoms with Crippen molar-refractivity contribution in [2.24, 2.45) is 11.7 Å². The van der Waals surface area contributed by atoms with Crippen molar-refractivity contribution in [2.45, 2.75) is 19.3 Å². The van der Waals surface area contributed by atoms with Crippen LogP contribution in [0.2, 0.25) is 5.02 Å². The molecule has 0 bridgehead atoms. The fraction of sp³-hybridized carbons (Fsp3) is 0.600. The molecule has 0 aromatic heterocycles. The van der Waals surface area contributed by atoms with E-state index in [4.69, 9.17) is 22.1 Å². The molecule has 4 heteroatoms. The molecular formula is C15H23ClN2O. The Bertz CT molecular complexity index is 405. The maximum Gasteiger partial charge on any atom is 0.0469 e. The van der Waals surface area contributed by atoms with Gasteiger partial charge in [0.05, 0.1) is 0 Å². The molecule has 0 aliphatic carbocycles. The normalized spacial score (nSPS) is 16.6. The minimum Gasteiger partial charge on any atom is -0.381 e. The van der Waals surface area contributed by atoms with Crippen LogP contribution in [0.4, 0.5) is 5.69 Å². The molecule has 0 radical (unpaired) electrons. The molecular weight excluding hydrogens is 260 g/mol. The fourth-order valence-corrected chi connectivity index (χ4v) is 2.89. The van der Waals surface area contributed by atoms with Gasteiger partial charge in [0, 0.05) is 37.5 Å². The van der Waals surface area contributed by atoms with E-state index in [9.17, 15) is 0 Å². The van der Waals surface area contributed by atoms with Crippen molar-refractivity contribution in [1.82, 2.24) is 0 Å². The average Bonchev–Trinajstić information content (AvgIpc) is 2.40. The first-order valence-corrected chi connectivity index (χ1v) is 7.36. The summed E-state index contributed by atoms with van der Waals surface area (Å²) >= 11 is 6.07. The summed E-state index contributed by atoms with van der Waals surface area (Å²) < 4.78 is 5.41. The zero-order chi connectivity index (χ0) is 13.7. The lowest BCUT2D eigenvalue weighted by molar-refractivity contribution is 0.0685. The number of rotatable bonds is 5. The summed E-state index contributed by atoms with van der Waals surface area (Å²) in [5.74, 6) is 0.722. The molecule has 2 rings (SSSR count). The van der Waals surface area contributed by atoms with Gasteiger partial charge in [0.2, 0.25) is 0 Å². The molecule has 1 aromatic rings. The third-order valence-electron chi connectivity index (χ3n) is 3.74. The Morgan fingerprint density at radius 3 is 2.79 bits per heavy atom. The molecule has 1 fully saturated rings. The van der Waals surface area contributed by atoms with Crippen molar-refractivity contribution in [1.29, 1.82) is 0 Å². The van der Waals surface area contributed by atoms with Gasteiger partial charge in [-0.25, -0.2) is 0 Å². The van der Waals surface area contributed by atoms with E-state index in [0.29, 0.717) is 6.54 Å². The monoisotopic (exact) mass is 282 g/mol. The van der Waals surface area contributed by atoms with Gasteiger partial charge in [-0.3, -0.25) is 0 Å². The van der Waals surface area contributed by atoms with Gasteiger partial charge in [-0.2, -0.15) is 0 Å². The number of nitrogens with two attached hydrogens (primary N) is 1. The number of ether oxygens (including phenoxy) is 1. The molecule has 106 valence electrons. The largest absolute Gasteiger partial charge is 0.381 e. The average molecular weight is 283 g/mol. The van der Waals surface area contributed by atoms with Crippen LogP contribution in [-0.2, 0) is 11.2 Å². The van der Waals surface area contributed by atoms with Gasteiger partial charge < -0.3 is 15.4 Å². The third kappa shape index (κ3) is 4.10. The summed E-state index contributed by atoms with van der Waals surface area (Å²) in [4.78, 5) is 2.33. The van der Waals surface area contributed by atoms with E-state index in [0.717, 1.165) is 50.0 Å². The van der Waals surface area contributed by atoms with Gasteiger partial charge in [-0.1, -0.05) is 11.6 Å². The smallest absolute Gasteiger partial charge is 0.0469 e. The number of anilines is 1. The van der Waals surface area contributed by atoms with Crippen LogP contribution >= 0.6 is 11.6 Å². The molecule has 3 nitrogen and oxygen atoms in total. The van der Waals surface area contributed by atoms with E-state index in [2.05, 4.69) is 18.0 Å². The molecule has 1 heterocycles. The van der Waals surface area contributed by atoms with Crippen molar-refractivity contribution in [3.63, 3.8) is 0 Å². The van der Waals surface area contributed by atoms with E-state index >= 15 is 0 Å². The van der Waals surface area contributed by atoms with E-state index in [1.165, 1.54) is 11.3 Å². The predicted octanol–water partition coefficient (Wildman–Crippen LogP) is 2.70. The Labute approximate surface area is 120 Å². The summed E-state index contributed by atoms with van der Waals surface area (Å²) in [6.45, 7) is 3.52. The molecule has 19 heavy (non-hydrogen) atoms. The summed E-state index contributed by atoms with van der Waals surface area (Å²) in [6, 6.07) is 6.09. The third-order valence-corrected chi connectivity index (χ3v) is 3.97. The number of benzene rings is 1. The second-order valence-electron chi connectivity index (χ2n) is 5.25. The van der Waals surface area contributed by atoms with Crippen molar-refractivity contribution in [3.05, 3.63) is 28.8 Å². The minimum absolute atomic E-state index is 0.651. The van der Waals surface area contributed by atoms with E-state index in [-0.39, 0.29) is 0 Å². The maximum absolute atomic E-state index is 6.07. The second-order valence-corrected chi connectivity index (χ2v) is 5.68. The maximum atomic E-state index is 6.07. The summed E-state index contributed by atoms with van der Waals surface area (Å²) in [5.41, 5.74) is 8.18. The van der Waals surface area contributed by atoms with Crippen molar-refractivity contribution < 1.29 is 4.74 Å². The molecule has 2 N–H and O–H groups in total. The first-order chi connectivity index (χ1) is 9.20. The molecule has 1 aliphatic rings. The predicted molar refractivity (Wildman–Crippen MR) is 81.0 cm³/mol. The van der Waals surface area contributed by atoms with E-state index in [1.807, 2.05) is 12.1 Å². The van der Waals surface area contributed by atoms with Crippen LogP contribution < -0.4 is 10.6 Å². The van der Waals surface area contributed by atoms with Gasteiger partial charge in [0.1, 0.15) is 0 Å². The zero-order valence-electron chi connectivity index (χ0n) is 11.6. The van der Waals surface area contributed by atoms with Crippen molar-refractivity contribution in [3.8, 4) is 0 Å². The Hall–Kier alpha value is -0.770. The minimum atomic E-state index is 0.651. The fourth-order valence-electron chi connectivity index (χ4n) is 2.70. The second kappa shape index (κ2) is 7.13. The van der Waals surface area contributed by atoms with Crippen molar-refractivity contribution >= 4 is 17.3 Å². The molecule has 1 saturated heterocycles. The van der Waals surface area contributed by atoms with Crippen LogP contribution in [-0.4, -0.2) is 33.4 Å². The number of hydrogen-bond donors (Lipinski definition) is 1. The Balaban J connectivity index is 2.06. The molecule has 0 saturated carbocycles. The molecule has 1 aromatic carbocycles. The zero-order valence-corrected chi connectivity index (χ0v) is 12.3. The molecule has 0 amide bonds. The van der Waals surface area contributed by atoms with Crippen LogP contribution in [0.3, 0.4) is 0 Å². The van der Waals surface area contributed by atoms with Gasteiger partial charge in [0.15, 0.2) is 0 Å². The van der Waals surface area contributed by atoms with Gasteiger partial charge in [-0.05, 0) is 55.5 Å². The Morgan fingerprint density at radius 2 is 2.11 bits per heavy atom. The number of hydrogen-bond acceptors (Lipinski definition) is 3. The van der Waals surface area contributed by atoms with Crippen molar-refractivity contribution in [2.75, 3.05) is 38.3 Å². The lowest BCUT2D eigenvalue weighted by atomic mass is 9.99. The number of halogens is 1. The first kappa shape index (κ1) is 14.6. The summed E-state index contributed by atoms with van der Waals surface area (Å²) in [6.07, 6.45) is 3.18. The molecule has 0 spiro atoms. The standard InChI is InChI=1S/C15H23ClN2O/c1-18(11-12-5-8-19-9-6-12)15-3-2-14(16)10-13(15)4-7-17/h2-3,10,12H,4-9,11,17H2,1H3. The van der Waals surface area contributed by atoms with Crippen LogP contribution in [0, 0.1) is 5.92 Å². The topological polar surface area (TPSA) is 38.5 Å². The highest BCUT2D eigenvalue weighted by Crippen LogP contribution is 2.26. The Morgan fingerprint density at radius 1 is 1.37 bits per heavy atom. The van der Waals surface area contributed by atoms with Crippen LogP contribution in [0.25, 0.3) is 0 Å². The summed E-state index contributed by atoms with van der Waals surface area (Å²) in [5, 5.41) is 0.784. The Kier molecular flexibility index (Phi) is 5.49. The quantitative estimate of drug-likeness (QED) is 0.902. The highest BCUT2D eigenvalue weighted by atomic mass is 35.5. The van der Waals surface area contributed by atoms with Gasteiger partial charge in [0.25, 0.3) is 0 Å². The lowest BCUT2D eigenvalue weighted by Gasteiger charge is -2.29. The number of nitrogens with zero attached hydrogens (tertiary/aromatic N) is 1. The van der Waals surface area contributed by atoms with Gasteiger partial charge in [-0.15, -0.1) is 0 Å². The van der Waals surface area contributed by atoms with E-state index < -0.39 is 0 Å². The van der Waals surface area contributed by atoms with Crippen LogP contribution in [0.1, 0.15) is 18.4 Å². The highest BCUT2D eigenvalue weighted by Gasteiger charge is 2.17. The highest BCUT2D eigenvalue weighted by molar-refractivity contribution is 6.30. The SMILES string of the molecule is CN(CC1CCOCC1)c1ccc(Cl)cc1CCN.